The maximum atomic E-state index is 14.8. The highest BCUT2D eigenvalue weighted by Crippen LogP contribution is 2.32. The minimum absolute atomic E-state index is 0.0865. The van der Waals surface area contributed by atoms with Crippen LogP contribution in [0.25, 0.3) is 16.9 Å². The number of aryl methyl sites for hydroxylation is 1. The number of hydrogen-bond donors (Lipinski definition) is 2. The van der Waals surface area contributed by atoms with E-state index in [-0.39, 0.29) is 28.2 Å². The number of amides is 1. The minimum atomic E-state index is -3.82. The highest BCUT2D eigenvalue weighted by Gasteiger charge is 2.35. The SMILES string of the molecule is [2H]C([2H])([2H])n1nncc1-c1cncc(-n2nc(C(=O)N[C@H](C)c3cccc(C(F)(F)CO)c3F)ccc2=O)c1. The van der Waals surface area contributed by atoms with Crippen molar-refractivity contribution in [3.05, 3.63) is 88.0 Å². The van der Waals surface area contributed by atoms with Crippen LogP contribution in [0.4, 0.5) is 13.2 Å². The largest absolute Gasteiger partial charge is 0.390 e. The Morgan fingerprint density at radius 1 is 1.25 bits per heavy atom. The lowest BCUT2D eigenvalue weighted by molar-refractivity contribution is -0.0584. The number of aromatic nitrogens is 6. The Balaban J connectivity index is 1.63. The number of halogens is 3. The second kappa shape index (κ2) is 9.70. The summed E-state index contributed by atoms with van der Waals surface area (Å²) in [6.45, 7) is -2.86. The van der Waals surface area contributed by atoms with Gasteiger partial charge in [-0.3, -0.25) is 14.6 Å². The zero-order valence-corrected chi connectivity index (χ0v) is 18.6. The van der Waals surface area contributed by atoms with Crippen molar-refractivity contribution in [2.45, 2.75) is 18.9 Å². The van der Waals surface area contributed by atoms with Crippen LogP contribution in [0, 0.1) is 5.82 Å². The molecular formula is C23H20F3N7O3. The van der Waals surface area contributed by atoms with E-state index in [2.05, 4.69) is 25.7 Å². The Labute approximate surface area is 206 Å². The second-order valence-corrected chi connectivity index (χ2v) is 7.70. The molecule has 4 aromatic rings. The van der Waals surface area contributed by atoms with Gasteiger partial charge in [-0.15, -0.1) is 5.10 Å². The molecule has 0 spiro atoms. The summed E-state index contributed by atoms with van der Waals surface area (Å²) < 4.78 is 66.9. The highest BCUT2D eigenvalue weighted by atomic mass is 19.3. The number of carbonyl (C=O) groups is 1. The highest BCUT2D eigenvalue weighted by molar-refractivity contribution is 5.92. The molecule has 13 heteroatoms. The fourth-order valence-electron chi connectivity index (χ4n) is 3.43. The lowest BCUT2D eigenvalue weighted by atomic mass is 10.0. The predicted molar refractivity (Wildman–Crippen MR) is 121 cm³/mol. The van der Waals surface area contributed by atoms with Gasteiger partial charge in [0, 0.05) is 34.5 Å². The first-order valence-corrected chi connectivity index (χ1v) is 10.4. The number of hydrogen-bond acceptors (Lipinski definition) is 7. The zero-order valence-electron chi connectivity index (χ0n) is 21.6. The summed E-state index contributed by atoms with van der Waals surface area (Å²) in [5.74, 6) is -5.94. The molecule has 3 aromatic heterocycles. The van der Waals surface area contributed by atoms with Crippen LogP contribution in [0.3, 0.4) is 0 Å². The fraction of sp³-hybridized carbons (Fsp3) is 0.217. The monoisotopic (exact) mass is 502 g/mol. The van der Waals surface area contributed by atoms with Gasteiger partial charge in [0.25, 0.3) is 17.4 Å². The number of aliphatic hydroxyl groups is 1. The van der Waals surface area contributed by atoms with Crippen molar-refractivity contribution in [2.75, 3.05) is 6.61 Å². The first-order valence-electron chi connectivity index (χ1n) is 11.9. The summed E-state index contributed by atoms with van der Waals surface area (Å²) in [6, 6.07) is 5.70. The molecule has 0 radical (unpaired) electrons. The smallest absolute Gasteiger partial charge is 0.298 e. The van der Waals surface area contributed by atoms with E-state index >= 15 is 0 Å². The average Bonchev–Trinajstić information content (AvgIpc) is 3.40. The number of carbonyl (C=O) groups excluding carboxylic acids is 1. The van der Waals surface area contributed by atoms with Gasteiger partial charge in [-0.2, -0.15) is 18.6 Å². The number of alkyl halides is 2. The number of aliphatic hydroxyl groups excluding tert-OH is 1. The number of benzene rings is 1. The van der Waals surface area contributed by atoms with E-state index in [9.17, 15) is 22.8 Å². The number of rotatable bonds is 7. The first-order chi connectivity index (χ1) is 18.3. The maximum absolute atomic E-state index is 14.8. The molecule has 0 aliphatic heterocycles. The summed E-state index contributed by atoms with van der Waals surface area (Å²) in [4.78, 5) is 29.4. The second-order valence-electron chi connectivity index (χ2n) is 7.70. The molecule has 0 bridgehead atoms. The lowest BCUT2D eigenvalue weighted by Gasteiger charge is -2.20. The quantitative estimate of drug-likeness (QED) is 0.396. The Morgan fingerprint density at radius 3 is 2.81 bits per heavy atom. The standard InChI is InChI=1S/C23H20F3N7O3/c1-13(16-4-3-5-17(21(16)24)23(25,26)12-34)29-22(36)18-6-7-20(35)33(30-18)15-8-14(9-27-10-15)19-11-28-31-32(19)2/h3-11,13,34H,12H2,1-2H3,(H,29,36)/t13-/m1/s1/i2D3. The van der Waals surface area contributed by atoms with E-state index in [0.29, 0.717) is 4.68 Å². The molecule has 186 valence electrons. The third-order valence-corrected chi connectivity index (χ3v) is 5.28. The first kappa shape index (κ1) is 20.9. The Bertz CT molecular complexity index is 1590. The van der Waals surface area contributed by atoms with Crippen molar-refractivity contribution < 1.29 is 27.2 Å². The molecule has 4 rings (SSSR count). The zero-order chi connectivity index (χ0) is 28.5. The molecule has 0 saturated carbocycles. The molecular weight excluding hydrogens is 479 g/mol. The van der Waals surface area contributed by atoms with E-state index in [4.69, 9.17) is 9.22 Å². The van der Waals surface area contributed by atoms with Gasteiger partial charge in [-0.05, 0) is 25.1 Å². The van der Waals surface area contributed by atoms with Crippen LogP contribution in [0.1, 0.15) is 38.7 Å². The molecule has 10 nitrogen and oxygen atoms in total. The van der Waals surface area contributed by atoms with Crippen molar-refractivity contribution >= 4 is 5.91 Å². The summed E-state index contributed by atoms with van der Waals surface area (Å²) >= 11 is 0. The van der Waals surface area contributed by atoms with E-state index < -0.39 is 48.4 Å². The molecule has 2 N–H and O–H groups in total. The topological polar surface area (TPSA) is 128 Å². The lowest BCUT2D eigenvalue weighted by Crippen LogP contribution is -2.31. The summed E-state index contributed by atoms with van der Waals surface area (Å²) in [5.41, 5.74) is -1.75. The maximum Gasteiger partial charge on any atom is 0.298 e. The Morgan fingerprint density at radius 2 is 2.06 bits per heavy atom. The third kappa shape index (κ3) is 4.73. The molecule has 0 aliphatic carbocycles. The van der Waals surface area contributed by atoms with Gasteiger partial charge in [0.2, 0.25) is 0 Å². The van der Waals surface area contributed by atoms with Crippen molar-refractivity contribution in [2.24, 2.45) is 6.98 Å². The van der Waals surface area contributed by atoms with Crippen LogP contribution in [-0.4, -0.2) is 47.4 Å². The molecule has 0 fully saturated rings. The van der Waals surface area contributed by atoms with Gasteiger partial charge in [-0.1, -0.05) is 17.3 Å². The Hall–Kier alpha value is -4.39. The van der Waals surface area contributed by atoms with Crippen molar-refractivity contribution in [3.8, 4) is 16.9 Å². The van der Waals surface area contributed by atoms with Crippen LogP contribution in [0.2, 0.25) is 0 Å². The van der Waals surface area contributed by atoms with Gasteiger partial charge >= 0.3 is 0 Å². The third-order valence-electron chi connectivity index (χ3n) is 5.28. The van der Waals surface area contributed by atoms with E-state index in [1.165, 1.54) is 43.7 Å². The summed E-state index contributed by atoms with van der Waals surface area (Å²) in [6.07, 6.45) is 3.80. The van der Waals surface area contributed by atoms with Crippen LogP contribution in [-0.2, 0) is 12.9 Å². The van der Waals surface area contributed by atoms with Crippen LogP contribution in [0.5, 0.6) is 0 Å². The van der Waals surface area contributed by atoms with Crippen LogP contribution >= 0.6 is 0 Å². The molecule has 0 unspecified atom stereocenters. The van der Waals surface area contributed by atoms with Gasteiger partial charge < -0.3 is 10.4 Å². The van der Waals surface area contributed by atoms with Crippen molar-refractivity contribution in [1.29, 1.82) is 0 Å². The summed E-state index contributed by atoms with van der Waals surface area (Å²) in [7, 11) is 0. The van der Waals surface area contributed by atoms with Crippen LogP contribution < -0.4 is 10.9 Å². The van der Waals surface area contributed by atoms with Crippen molar-refractivity contribution in [3.63, 3.8) is 0 Å². The number of pyridine rings is 1. The van der Waals surface area contributed by atoms with Crippen molar-refractivity contribution in [1.82, 2.24) is 35.1 Å². The molecule has 36 heavy (non-hydrogen) atoms. The molecule has 1 atom stereocenters. The molecule has 1 aromatic carbocycles. The average molecular weight is 502 g/mol. The van der Waals surface area contributed by atoms with Gasteiger partial charge in [0.05, 0.1) is 35.4 Å². The number of nitrogens with zero attached hydrogens (tertiary/aromatic N) is 6. The van der Waals surface area contributed by atoms with E-state index in [1.807, 2.05) is 0 Å². The molecule has 3 heterocycles. The normalized spacial score (nSPS) is 14.0. The minimum Gasteiger partial charge on any atom is -0.390 e. The van der Waals surface area contributed by atoms with E-state index in [1.54, 1.807) is 0 Å². The van der Waals surface area contributed by atoms with Crippen LogP contribution in [0.15, 0.2) is 59.8 Å². The van der Waals surface area contributed by atoms with Gasteiger partial charge in [0.15, 0.2) is 0 Å². The molecule has 0 saturated heterocycles. The summed E-state index contributed by atoms with van der Waals surface area (Å²) in [5, 5.41) is 22.5. The Kier molecular flexibility index (Phi) is 5.64. The van der Waals surface area contributed by atoms with Gasteiger partial charge in [-0.25, -0.2) is 9.07 Å². The predicted octanol–water partition coefficient (Wildman–Crippen LogP) is 2.14. The van der Waals surface area contributed by atoms with Gasteiger partial charge in [0.1, 0.15) is 18.1 Å². The fourth-order valence-corrected chi connectivity index (χ4v) is 3.43. The number of nitrogens with one attached hydrogen (secondary N) is 1. The van der Waals surface area contributed by atoms with E-state index in [0.717, 1.165) is 22.9 Å². The molecule has 0 aliphatic rings. The molecule has 1 amide bonds.